The molecule has 2 rings (SSSR count). The number of rotatable bonds is 3. The lowest BCUT2D eigenvalue weighted by Crippen LogP contribution is -2.25. The van der Waals surface area contributed by atoms with Gasteiger partial charge in [0.05, 0.1) is 6.10 Å². The molecule has 0 aromatic rings. The SMILES string of the molecule is C1CNCCC(COC2CCC2)C1. The van der Waals surface area contributed by atoms with Crippen LogP contribution >= 0.6 is 0 Å². The molecule has 0 aromatic heterocycles. The van der Waals surface area contributed by atoms with Crippen molar-refractivity contribution in [2.75, 3.05) is 19.7 Å². The molecule has 1 unspecified atom stereocenters. The van der Waals surface area contributed by atoms with Crippen LogP contribution in [0.5, 0.6) is 0 Å². The van der Waals surface area contributed by atoms with Gasteiger partial charge in [0, 0.05) is 6.61 Å². The zero-order chi connectivity index (χ0) is 8.93. The lowest BCUT2D eigenvalue weighted by atomic mass is 9.95. The van der Waals surface area contributed by atoms with Gasteiger partial charge in [0.1, 0.15) is 0 Å². The lowest BCUT2D eigenvalue weighted by molar-refractivity contribution is -0.0174. The third-order valence-electron chi connectivity index (χ3n) is 3.32. The van der Waals surface area contributed by atoms with Crippen molar-refractivity contribution >= 4 is 0 Å². The minimum atomic E-state index is 0.621. The topological polar surface area (TPSA) is 21.3 Å². The quantitative estimate of drug-likeness (QED) is 0.722. The lowest BCUT2D eigenvalue weighted by Gasteiger charge is -2.27. The van der Waals surface area contributed by atoms with E-state index < -0.39 is 0 Å². The Morgan fingerprint density at radius 2 is 1.92 bits per heavy atom. The van der Waals surface area contributed by atoms with Crippen molar-refractivity contribution < 1.29 is 4.74 Å². The van der Waals surface area contributed by atoms with E-state index in [1.54, 1.807) is 0 Å². The molecule has 0 amide bonds. The van der Waals surface area contributed by atoms with E-state index in [0.29, 0.717) is 6.10 Å². The number of hydrogen-bond donors (Lipinski definition) is 1. The first-order chi connectivity index (χ1) is 6.45. The van der Waals surface area contributed by atoms with Gasteiger partial charge in [-0.2, -0.15) is 0 Å². The summed E-state index contributed by atoms with van der Waals surface area (Å²) >= 11 is 0. The summed E-state index contributed by atoms with van der Waals surface area (Å²) in [6, 6.07) is 0. The fourth-order valence-corrected chi connectivity index (χ4v) is 2.07. The van der Waals surface area contributed by atoms with Crippen molar-refractivity contribution in [2.24, 2.45) is 5.92 Å². The van der Waals surface area contributed by atoms with Crippen molar-refractivity contribution in [2.45, 2.75) is 44.6 Å². The zero-order valence-corrected chi connectivity index (χ0v) is 8.43. The molecule has 13 heavy (non-hydrogen) atoms. The third-order valence-corrected chi connectivity index (χ3v) is 3.32. The predicted molar refractivity (Wildman–Crippen MR) is 53.8 cm³/mol. The molecule has 2 heteroatoms. The molecule has 0 aromatic carbocycles. The summed E-state index contributed by atoms with van der Waals surface area (Å²) in [6.45, 7) is 3.42. The van der Waals surface area contributed by atoms with E-state index >= 15 is 0 Å². The summed E-state index contributed by atoms with van der Waals surface area (Å²) in [5, 5.41) is 3.44. The van der Waals surface area contributed by atoms with Gasteiger partial charge in [-0.25, -0.2) is 0 Å². The number of nitrogens with one attached hydrogen (secondary N) is 1. The molecule has 2 aliphatic rings. The van der Waals surface area contributed by atoms with Crippen LogP contribution in [0.15, 0.2) is 0 Å². The molecule has 1 atom stereocenters. The van der Waals surface area contributed by atoms with Gasteiger partial charge in [0.15, 0.2) is 0 Å². The van der Waals surface area contributed by atoms with E-state index in [2.05, 4.69) is 5.32 Å². The van der Waals surface area contributed by atoms with Crippen LogP contribution in [0.25, 0.3) is 0 Å². The molecule has 0 spiro atoms. The van der Waals surface area contributed by atoms with E-state index in [9.17, 15) is 0 Å². The van der Waals surface area contributed by atoms with Gasteiger partial charge in [-0.3, -0.25) is 0 Å². The maximum atomic E-state index is 5.85. The Hall–Kier alpha value is -0.0800. The second-order valence-electron chi connectivity index (χ2n) is 4.43. The average Bonchev–Trinajstić information content (AvgIpc) is 2.30. The van der Waals surface area contributed by atoms with Crippen LogP contribution in [0.2, 0.25) is 0 Å². The van der Waals surface area contributed by atoms with E-state index in [-0.39, 0.29) is 0 Å². The molecule has 0 radical (unpaired) electrons. The third kappa shape index (κ3) is 2.96. The van der Waals surface area contributed by atoms with Gasteiger partial charge in [-0.15, -0.1) is 0 Å². The maximum Gasteiger partial charge on any atom is 0.0575 e. The summed E-state index contributed by atoms with van der Waals surface area (Å²) in [7, 11) is 0. The summed E-state index contributed by atoms with van der Waals surface area (Å²) in [4.78, 5) is 0. The molecule has 2 nitrogen and oxygen atoms in total. The molecule has 1 aliphatic heterocycles. The van der Waals surface area contributed by atoms with Crippen LogP contribution < -0.4 is 5.32 Å². The Bertz CT molecular complexity index is 137. The Morgan fingerprint density at radius 1 is 1.00 bits per heavy atom. The Kier molecular flexibility index (Phi) is 3.62. The monoisotopic (exact) mass is 183 g/mol. The first-order valence-corrected chi connectivity index (χ1v) is 5.77. The highest BCUT2D eigenvalue weighted by Gasteiger charge is 2.20. The molecule has 1 saturated heterocycles. The van der Waals surface area contributed by atoms with Crippen LogP contribution in [0.3, 0.4) is 0 Å². The van der Waals surface area contributed by atoms with E-state index in [1.165, 1.54) is 51.6 Å². The highest BCUT2D eigenvalue weighted by Crippen LogP contribution is 2.24. The second kappa shape index (κ2) is 4.97. The fourth-order valence-electron chi connectivity index (χ4n) is 2.07. The summed E-state index contributed by atoms with van der Waals surface area (Å²) in [5.74, 6) is 0.829. The molecule has 1 saturated carbocycles. The van der Waals surface area contributed by atoms with Crippen LogP contribution in [0.4, 0.5) is 0 Å². The number of ether oxygens (including phenoxy) is 1. The largest absolute Gasteiger partial charge is 0.378 e. The van der Waals surface area contributed by atoms with E-state index in [4.69, 9.17) is 4.74 Å². The van der Waals surface area contributed by atoms with Crippen molar-refractivity contribution in [3.8, 4) is 0 Å². The molecule has 2 fully saturated rings. The highest BCUT2D eigenvalue weighted by molar-refractivity contribution is 4.71. The first kappa shape index (κ1) is 9.47. The van der Waals surface area contributed by atoms with Gasteiger partial charge in [0.25, 0.3) is 0 Å². The summed E-state index contributed by atoms with van der Waals surface area (Å²) in [5.41, 5.74) is 0. The standard InChI is InChI=1S/C11H21NO/c1-4-11(5-1)13-9-10-3-2-7-12-8-6-10/h10-12H,1-9H2. The van der Waals surface area contributed by atoms with Crippen LogP contribution in [0, 0.1) is 5.92 Å². The van der Waals surface area contributed by atoms with E-state index in [0.717, 1.165) is 12.5 Å². The van der Waals surface area contributed by atoms with Gasteiger partial charge < -0.3 is 10.1 Å². The summed E-state index contributed by atoms with van der Waals surface area (Å²) in [6.07, 6.45) is 8.63. The van der Waals surface area contributed by atoms with Crippen molar-refractivity contribution in [1.82, 2.24) is 5.32 Å². The molecule has 1 aliphatic carbocycles. The minimum absolute atomic E-state index is 0.621. The van der Waals surface area contributed by atoms with E-state index in [1.807, 2.05) is 0 Å². The molecule has 76 valence electrons. The predicted octanol–water partition coefficient (Wildman–Crippen LogP) is 1.95. The van der Waals surface area contributed by atoms with Crippen molar-refractivity contribution in [3.05, 3.63) is 0 Å². The summed E-state index contributed by atoms with van der Waals surface area (Å²) < 4.78 is 5.85. The number of hydrogen-bond acceptors (Lipinski definition) is 2. The molecule has 1 N–H and O–H groups in total. The molecule has 1 heterocycles. The fraction of sp³-hybridized carbons (Fsp3) is 1.00. The van der Waals surface area contributed by atoms with Crippen LogP contribution in [-0.4, -0.2) is 25.8 Å². The van der Waals surface area contributed by atoms with Gasteiger partial charge in [-0.1, -0.05) is 0 Å². The van der Waals surface area contributed by atoms with Gasteiger partial charge in [0.2, 0.25) is 0 Å². The zero-order valence-electron chi connectivity index (χ0n) is 8.43. The first-order valence-electron chi connectivity index (χ1n) is 5.77. The molecule has 0 bridgehead atoms. The highest BCUT2D eigenvalue weighted by atomic mass is 16.5. The maximum absolute atomic E-state index is 5.85. The second-order valence-corrected chi connectivity index (χ2v) is 4.43. The molecular weight excluding hydrogens is 162 g/mol. The van der Waals surface area contributed by atoms with Crippen LogP contribution in [-0.2, 0) is 4.74 Å². The van der Waals surface area contributed by atoms with Crippen molar-refractivity contribution in [3.63, 3.8) is 0 Å². The smallest absolute Gasteiger partial charge is 0.0575 e. The van der Waals surface area contributed by atoms with Crippen LogP contribution in [0.1, 0.15) is 38.5 Å². The normalized spacial score (nSPS) is 30.9. The van der Waals surface area contributed by atoms with Crippen molar-refractivity contribution in [1.29, 1.82) is 0 Å². The Balaban J connectivity index is 1.61. The Morgan fingerprint density at radius 3 is 2.69 bits per heavy atom. The minimum Gasteiger partial charge on any atom is -0.378 e. The molecular formula is C11H21NO. The van der Waals surface area contributed by atoms with Gasteiger partial charge >= 0.3 is 0 Å². The van der Waals surface area contributed by atoms with Gasteiger partial charge in [-0.05, 0) is 57.5 Å². The average molecular weight is 183 g/mol. The Labute approximate surface area is 81.0 Å².